The lowest BCUT2D eigenvalue weighted by atomic mass is 9.74. The molecule has 0 amide bonds. The molecule has 0 radical (unpaired) electrons. The lowest BCUT2D eigenvalue weighted by Crippen LogP contribution is -2.43. The van der Waals surface area contributed by atoms with Crippen molar-refractivity contribution < 1.29 is 0 Å². The van der Waals surface area contributed by atoms with Crippen LogP contribution in [0.5, 0.6) is 0 Å². The third-order valence-corrected chi connectivity index (χ3v) is 4.10. The average Bonchev–Trinajstić information content (AvgIpc) is 2.89. The van der Waals surface area contributed by atoms with E-state index in [0.717, 1.165) is 12.8 Å². The van der Waals surface area contributed by atoms with E-state index in [1.807, 2.05) is 0 Å². The molecule has 0 saturated heterocycles. The molecule has 1 aliphatic rings. The summed E-state index contributed by atoms with van der Waals surface area (Å²) in [5.74, 6) is 0. The van der Waals surface area contributed by atoms with Crippen molar-refractivity contribution in [3.8, 4) is 0 Å². The van der Waals surface area contributed by atoms with Gasteiger partial charge in [0.15, 0.2) is 0 Å². The van der Waals surface area contributed by atoms with Crippen LogP contribution in [-0.2, 0) is 5.41 Å². The van der Waals surface area contributed by atoms with Crippen molar-refractivity contribution in [3.63, 3.8) is 0 Å². The zero-order valence-electron chi connectivity index (χ0n) is 10.2. The van der Waals surface area contributed by atoms with Crippen molar-refractivity contribution in [3.05, 3.63) is 34.9 Å². The molecule has 0 bridgehead atoms. The molecular formula is C14H21N. The van der Waals surface area contributed by atoms with Crippen LogP contribution in [0.4, 0.5) is 0 Å². The zero-order chi connectivity index (χ0) is 11.3. The smallest absolute Gasteiger partial charge is 0.0248 e. The maximum atomic E-state index is 6.38. The number of benzene rings is 1. The van der Waals surface area contributed by atoms with Gasteiger partial charge in [-0.25, -0.2) is 0 Å². The van der Waals surface area contributed by atoms with E-state index in [4.69, 9.17) is 5.73 Å². The number of hydrogen-bond acceptors (Lipinski definition) is 1. The van der Waals surface area contributed by atoms with Crippen LogP contribution in [0.2, 0.25) is 0 Å². The summed E-state index contributed by atoms with van der Waals surface area (Å²) in [5.41, 5.74) is 10.6. The highest BCUT2D eigenvalue weighted by Gasteiger charge is 2.52. The second-order valence-electron chi connectivity index (χ2n) is 5.60. The Kier molecular flexibility index (Phi) is 2.20. The summed E-state index contributed by atoms with van der Waals surface area (Å²) in [7, 11) is 0. The molecule has 1 nitrogen and oxygen atoms in total. The Balaban J connectivity index is 2.48. The second kappa shape index (κ2) is 3.08. The SMILES string of the molecule is Cc1ccc(C)c(C(C)(C)C2(N)CC2)c1. The number of hydrogen-bond donors (Lipinski definition) is 1. The molecule has 2 N–H and O–H groups in total. The summed E-state index contributed by atoms with van der Waals surface area (Å²) in [6.07, 6.45) is 2.32. The van der Waals surface area contributed by atoms with Crippen LogP contribution in [0, 0.1) is 13.8 Å². The molecule has 1 heteroatoms. The molecule has 0 heterocycles. The fraction of sp³-hybridized carbons (Fsp3) is 0.571. The van der Waals surface area contributed by atoms with E-state index in [2.05, 4.69) is 45.9 Å². The Morgan fingerprint density at radius 2 is 1.80 bits per heavy atom. The van der Waals surface area contributed by atoms with Gasteiger partial charge in [-0.1, -0.05) is 37.6 Å². The summed E-state index contributed by atoms with van der Waals surface area (Å²) < 4.78 is 0. The Morgan fingerprint density at radius 3 is 2.33 bits per heavy atom. The normalized spacial score (nSPS) is 19.0. The predicted molar refractivity (Wildman–Crippen MR) is 65.1 cm³/mol. The van der Waals surface area contributed by atoms with E-state index in [0.29, 0.717) is 0 Å². The molecule has 0 aromatic heterocycles. The van der Waals surface area contributed by atoms with E-state index in [1.165, 1.54) is 16.7 Å². The van der Waals surface area contributed by atoms with Gasteiger partial charge >= 0.3 is 0 Å². The van der Waals surface area contributed by atoms with Crippen molar-refractivity contribution >= 4 is 0 Å². The Morgan fingerprint density at radius 1 is 1.20 bits per heavy atom. The maximum Gasteiger partial charge on any atom is 0.0248 e. The van der Waals surface area contributed by atoms with E-state index in [9.17, 15) is 0 Å². The lowest BCUT2D eigenvalue weighted by Gasteiger charge is -2.34. The predicted octanol–water partition coefficient (Wildman–Crippen LogP) is 3.07. The molecule has 2 rings (SSSR count). The third kappa shape index (κ3) is 1.59. The van der Waals surface area contributed by atoms with Gasteiger partial charge in [-0.2, -0.15) is 0 Å². The van der Waals surface area contributed by atoms with E-state index in [-0.39, 0.29) is 11.0 Å². The van der Waals surface area contributed by atoms with Crippen LogP contribution >= 0.6 is 0 Å². The highest BCUT2D eigenvalue weighted by molar-refractivity contribution is 5.40. The van der Waals surface area contributed by atoms with Crippen molar-refractivity contribution in [2.24, 2.45) is 5.73 Å². The Labute approximate surface area is 92.7 Å². The van der Waals surface area contributed by atoms with Crippen molar-refractivity contribution in [1.82, 2.24) is 0 Å². The van der Waals surface area contributed by atoms with Gasteiger partial charge in [0, 0.05) is 11.0 Å². The van der Waals surface area contributed by atoms with Crippen LogP contribution in [0.25, 0.3) is 0 Å². The highest BCUT2D eigenvalue weighted by Crippen LogP contribution is 2.49. The summed E-state index contributed by atoms with van der Waals surface area (Å²) >= 11 is 0. The molecule has 0 atom stereocenters. The van der Waals surface area contributed by atoms with Crippen LogP contribution < -0.4 is 5.73 Å². The van der Waals surface area contributed by atoms with Gasteiger partial charge in [0.2, 0.25) is 0 Å². The molecule has 0 spiro atoms. The first kappa shape index (κ1) is 10.7. The molecule has 0 unspecified atom stereocenters. The molecular weight excluding hydrogens is 182 g/mol. The molecule has 1 aromatic carbocycles. The van der Waals surface area contributed by atoms with Crippen LogP contribution in [0.15, 0.2) is 18.2 Å². The van der Waals surface area contributed by atoms with Crippen molar-refractivity contribution in [2.45, 2.75) is 51.5 Å². The molecule has 1 saturated carbocycles. The zero-order valence-corrected chi connectivity index (χ0v) is 10.2. The first-order valence-electron chi connectivity index (χ1n) is 5.73. The van der Waals surface area contributed by atoms with Crippen LogP contribution in [0.1, 0.15) is 43.4 Å². The van der Waals surface area contributed by atoms with Crippen molar-refractivity contribution in [1.29, 1.82) is 0 Å². The quantitative estimate of drug-likeness (QED) is 0.785. The third-order valence-electron chi connectivity index (χ3n) is 4.10. The monoisotopic (exact) mass is 203 g/mol. The topological polar surface area (TPSA) is 26.0 Å². The fourth-order valence-electron chi connectivity index (χ4n) is 2.44. The second-order valence-corrected chi connectivity index (χ2v) is 5.60. The average molecular weight is 203 g/mol. The number of nitrogens with two attached hydrogens (primary N) is 1. The van der Waals surface area contributed by atoms with Gasteiger partial charge in [-0.3, -0.25) is 0 Å². The van der Waals surface area contributed by atoms with E-state index >= 15 is 0 Å². The number of aryl methyl sites for hydroxylation is 2. The minimum Gasteiger partial charge on any atom is -0.324 e. The Bertz CT molecular complexity index is 386. The highest BCUT2D eigenvalue weighted by atomic mass is 14.9. The summed E-state index contributed by atoms with van der Waals surface area (Å²) in [6.45, 7) is 8.89. The largest absolute Gasteiger partial charge is 0.324 e. The molecule has 1 fully saturated rings. The minimum atomic E-state index is 0.0333. The van der Waals surface area contributed by atoms with Gasteiger partial charge in [-0.15, -0.1) is 0 Å². The molecule has 0 aliphatic heterocycles. The standard InChI is InChI=1S/C14H21N/c1-10-5-6-11(2)12(9-10)13(3,4)14(15)7-8-14/h5-6,9H,7-8,15H2,1-4H3. The van der Waals surface area contributed by atoms with Gasteiger partial charge in [0.1, 0.15) is 0 Å². The number of rotatable bonds is 2. The van der Waals surface area contributed by atoms with E-state index in [1.54, 1.807) is 0 Å². The minimum absolute atomic E-state index is 0.0333. The molecule has 82 valence electrons. The first-order valence-corrected chi connectivity index (χ1v) is 5.73. The summed E-state index contributed by atoms with van der Waals surface area (Å²) in [5, 5.41) is 0. The van der Waals surface area contributed by atoms with Crippen molar-refractivity contribution in [2.75, 3.05) is 0 Å². The van der Waals surface area contributed by atoms with Gasteiger partial charge in [0.05, 0.1) is 0 Å². The molecule has 15 heavy (non-hydrogen) atoms. The summed E-state index contributed by atoms with van der Waals surface area (Å²) in [6, 6.07) is 6.67. The van der Waals surface area contributed by atoms with E-state index < -0.39 is 0 Å². The summed E-state index contributed by atoms with van der Waals surface area (Å²) in [4.78, 5) is 0. The van der Waals surface area contributed by atoms with Gasteiger partial charge in [-0.05, 0) is 37.8 Å². The Hall–Kier alpha value is -0.820. The molecule has 1 aromatic rings. The van der Waals surface area contributed by atoms with Crippen LogP contribution in [-0.4, -0.2) is 5.54 Å². The van der Waals surface area contributed by atoms with Gasteiger partial charge in [0.25, 0.3) is 0 Å². The lowest BCUT2D eigenvalue weighted by molar-refractivity contribution is 0.389. The fourth-order valence-corrected chi connectivity index (χ4v) is 2.44. The van der Waals surface area contributed by atoms with Gasteiger partial charge < -0.3 is 5.73 Å². The molecule has 1 aliphatic carbocycles. The maximum absolute atomic E-state index is 6.38. The van der Waals surface area contributed by atoms with Crippen LogP contribution in [0.3, 0.4) is 0 Å². The first-order chi connectivity index (χ1) is 6.87.